The summed E-state index contributed by atoms with van der Waals surface area (Å²) in [5.41, 5.74) is 0.596. The van der Waals surface area contributed by atoms with E-state index in [-0.39, 0.29) is 29.5 Å². The third-order valence-corrected chi connectivity index (χ3v) is 5.99. The summed E-state index contributed by atoms with van der Waals surface area (Å²) in [6.45, 7) is 7.21. The minimum Gasteiger partial charge on any atom is -0.356 e. The molecule has 0 saturated carbocycles. The highest BCUT2D eigenvalue weighted by Gasteiger charge is 2.27. The van der Waals surface area contributed by atoms with Crippen LogP contribution < -0.4 is 5.32 Å². The van der Waals surface area contributed by atoms with Gasteiger partial charge in [0.1, 0.15) is 5.82 Å². The van der Waals surface area contributed by atoms with E-state index in [9.17, 15) is 18.8 Å². The molecule has 6 nitrogen and oxygen atoms in total. The average molecular weight is 448 g/mol. The zero-order chi connectivity index (χ0) is 23.3. The van der Waals surface area contributed by atoms with E-state index >= 15 is 0 Å². The van der Waals surface area contributed by atoms with Crippen LogP contribution in [0.1, 0.15) is 64.4 Å². The van der Waals surface area contributed by atoms with Gasteiger partial charge in [-0.05, 0) is 50.2 Å². The van der Waals surface area contributed by atoms with Gasteiger partial charge in [-0.15, -0.1) is 0 Å². The van der Waals surface area contributed by atoms with Crippen LogP contribution in [0.5, 0.6) is 0 Å². The lowest BCUT2D eigenvalue weighted by atomic mass is 9.95. The zero-order valence-electron chi connectivity index (χ0n) is 19.6. The standard InChI is InChI=1S/C25H38FN3O3/c1-3-16-28(17-4-2)23(30)10-7-11-24(31)29-18-13-21(14-19-29)25(32)27-15-12-20-8-5-6-9-22(20)26/h5-6,8-9,21H,3-4,7,10-19H2,1-2H3,(H,27,32). The Morgan fingerprint density at radius 2 is 1.72 bits per heavy atom. The van der Waals surface area contributed by atoms with Crippen LogP contribution in [0.25, 0.3) is 0 Å². The summed E-state index contributed by atoms with van der Waals surface area (Å²) in [7, 11) is 0. The lowest BCUT2D eigenvalue weighted by Crippen LogP contribution is -2.43. The maximum Gasteiger partial charge on any atom is 0.223 e. The van der Waals surface area contributed by atoms with E-state index in [0.717, 1.165) is 25.9 Å². The molecule has 3 amide bonds. The van der Waals surface area contributed by atoms with E-state index in [0.29, 0.717) is 63.7 Å². The molecule has 2 rings (SSSR count). The normalized spacial score (nSPS) is 14.3. The molecule has 178 valence electrons. The molecule has 1 fully saturated rings. The van der Waals surface area contributed by atoms with Gasteiger partial charge in [-0.1, -0.05) is 32.0 Å². The zero-order valence-corrected chi connectivity index (χ0v) is 19.6. The smallest absolute Gasteiger partial charge is 0.223 e. The van der Waals surface area contributed by atoms with Crippen molar-refractivity contribution in [1.29, 1.82) is 0 Å². The van der Waals surface area contributed by atoms with Crippen molar-refractivity contribution in [3.8, 4) is 0 Å². The van der Waals surface area contributed by atoms with Crippen molar-refractivity contribution >= 4 is 17.7 Å². The molecule has 7 heteroatoms. The lowest BCUT2D eigenvalue weighted by Gasteiger charge is -2.31. The molecule has 0 aliphatic carbocycles. The number of nitrogens with one attached hydrogen (secondary N) is 1. The quantitative estimate of drug-likeness (QED) is 0.533. The molecule has 0 aromatic heterocycles. The van der Waals surface area contributed by atoms with E-state index in [1.54, 1.807) is 18.2 Å². The molecule has 0 bridgehead atoms. The number of benzene rings is 1. The van der Waals surface area contributed by atoms with Crippen LogP contribution in [0.2, 0.25) is 0 Å². The highest BCUT2D eigenvalue weighted by molar-refractivity contribution is 5.81. The first-order valence-corrected chi connectivity index (χ1v) is 12.0. The number of nitrogens with zero attached hydrogens (tertiary/aromatic N) is 2. The lowest BCUT2D eigenvalue weighted by molar-refractivity contribution is -0.136. The summed E-state index contributed by atoms with van der Waals surface area (Å²) in [5.74, 6) is -0.191. The molecule has 32 heavy (non-hydrogen) atoms. The molecular formula is C25H38FN3O3. The SMILES string of the molecule is CCCN(CCC)C(=O)CCCC(=O)N1CCC(C(=O)NCCc2ccccc2F)CC1. The van der Waals surface area contributed by atoms with E-state index in [2.05, 4.69) is 19.2 Å². The van der Waals surface area contributed by atoms with Gasteiger partial charge >= 0.3 is 0 Å². The first-order valence-electron chi connectivity index (χ1n) is 12.0. The summed E-state index contributed by atoms with van der Waals surface area (Å²) in [5, 5.41) is 2.90. The van der Waals surface area contributed by atoms with Crippen LogP contribution >= 0.6 is 0 Å². The Labute approximate surface area is 191 Å². The van der Waals surface area contributed by atoms with Gasteiger partial charge in [-0.25, -0.2) is 4.39 Å². The molecular weight excluding hydrogens is 409 g/mol. The number of rotatable bonds is 12. The van der Waals surface area contributed by atoms with Crippen LogP contribution in [-0.4, -0.2) is 60.2 Å². The predicted octanol–water partition coefficient (Wildman–Crippen LogP) is 3.54. The molecule has 1 saturated heterocycles. The molecule has 1 N–H and O–H groups in total. The average Bonchev–Trinajstić information content (AvgIpc) is 2.80. The van der Waals surface area contributed by atoms with Gasteiger partial charge < -0.3 is 15.1 Å². The van der Waals surface area contributed by atoms with E-state index in [1.807, 2.05) is 9.80 Å². The Balaban J connectivity index is 1.65. The molecule has 0 atom stereocenters. The topological polar surface area (TPSA) is 69.7 Å². The van der Waals surface area contributed by atoms with Crippen LogP contribution in [0, 0.1) is 11.7 Å². The maximum atomic E-state index is 13.7. The van der Waals surface area contributed by atoms with E-state index in [1.165, 1.54) is 6.07 Å². The molecule has 1 aromatic rings. The van der Waals surface area contributed by atoms with Gasteiger partial charge in [-0.3, -0.25) is 14.4 Å². The monoisotopic (exact) mass is 447 g/mol. The Morgan fingerprint density at radius 1 is 1.06 bits per heavy atom. The molecule has 1 heterocycles. The van der Waals surface area contributed by atoms with Gasteiger partial charge in [0.05, 0.1) is 0 Å². The number of hydrogen-bond acceptors (Lipinski definition) is 3. The van der Waals surface area contributed by atoms with Crippen LogP contribution in [0.3, 0.4) is 0 Å². The van der Waals surface area contributed by atoms with Crippen LogP contribution in [-0.2, 0) is 20.8 Å². The van der Waals surface area contributed by atoms with Gasteiger partial charge in [0, 0.05) is 51.5 Å². The van der Waals surface area contributed by atoms with Gasteiger partial charge in [0.2, 0.25) is 17.7 Å². The molecule has 0 unspecified atom stereocenters. The Kier molecular flexibility index (Phi) is 11.2. The molecule has 1 aliphatic rings. The van der Waals surface area contributed by atoms with Gasteiger partial charge in [0.15, 0.2) is 0 Å². The maximum absolute atomic E-state index is 13.7. The Hall–Kier alpha value is -2.44. The van der Waals surface area contributed by atoms with Crippen LogP contribution in [0.4, 0.5) is 4.39 Å². The van der Waals surface area contributed by atoms with E-state index < -0.39 is 0 Å². The molecule has 0 spiro atoms. The second-order valence-electron chi connectivity index (χ2n) is 8.52. The Bertz CT molecular complexity index is 742. The van der Waals surface area contributed by atoms with Gasteiger partial charge in [0.25, 0.3) is 0 Å². The fourth-order valence-corrected chi connectivity index (χ4v) is 4.17. The summed E-state index contributed by atoms with van der Waals surface area (Å²) in [6, 6.07) is 6.59. The summed E-state index contributed by atoms with van der Waals surface area (Å²) in [6.07, 6.45) is 4.96. The van der Waals surface area contributed by atoms with Crippen LogP contribution in [0.15, 0.2) is 24.3 Å². The highest BCUT2D eigenvalue weighted by atomic mass is 19.1. The summed E-state index contributed by atoms with van der Waals surface area (Å²) >= 11 is 0. The number of halogens is 1. The Morgan fingerprint density at radius 3 is 2.34 bits per heavy atom. The van der Waals surface area contributed by atoms with Crippen molar-refractivity contribution < 1.29 is 18.8 Å². The number of piperidine rings is 1. The second-order valence-corrected chi connectivity index (χ2v) is 8.52. The third-order valence-electron chi connectivity index (χ3n) is 5.99. The third kappa shape index (κ3) is 8.24. The molecule has 1 aromatic carbocycles. The number of likely N-dealkylation sites (tertiary alicyclic amines) is 1. The van der Waals surface area contributed by atoms with Crippen molar-refractivity contribution in [2.75, 3.05) is 32.7 Å². The van der Waals surface area contributed by atoms with E-state index in [4.69, 9.17) is 0 Å². The van der Waals surface area contributed by atoms with Crippen molar-refractivity contribution in [3.05, 3.63) is 35.6 Å². The van der Waals surface area contributed by atoms with Crippen molar-refractivity contribution in [1.82, 2.24) is 15.1 Å². The predicted molar refractivity (Wildman–Crippen MR) is 123 cm³/mol. The minimum absolute atomic E-state index is 0.0222. The van der Waals surface area contributed by atoms with Gasteiger partial charge in [-0.2, -0.15) is 0 Å². The first-order chi connectivity index (χ1) is 15.5. The number of amides is 3. The fraction of sp³-hybridized carbons (Fsp3) is 0.640. The van der Waals surface area contributed by atoms with Crippen molar-refractivity contribution in [2.24, 2.45) is 5.92 Å². The first kappa shape index (κ1) is 25.8. The summed E-state index contributed by atoms with van der Waals surface area (Å²) < 4.78 is 13.7. The number of carbonyl (C=O) groups is 3. The molecule has 0 radical (unpaired) electrons. The largest absolute Gasteiger partial charge is 0.356 e. The minimum atomic E-state index is -0.251. The second kappa shape index (κ2) is 13.9. The molecule has 1 aliphatic heterocycles. The fourth-order valence-electron chi connectivity index (χ4n) is 4.17. The van der Waals surface area contributed by atoms with Crippen molar-refractivity contribution in [2.45, 2.75) is 65.2 Å². The highest BCUT2D eigenvalue weighted by Crippen LogP contribution is 2.19. The number of carbonyl (C=O) groups excluding carboxylic acids is 3. The van der Waals surface area contributed by atoms with Crippen molar-refractivity contribution in [3.63, 3.8) is 0 Å². The summed E-state index contributed by atoms with van der Waals surface area (Å²) in [4.78, 5) is 40.9. The number of hydrogen-bond donors (Lipinski definition) is 1.